The summed E-state index contributed by atoms with van der Waals surface area (Å²) >= 11 is 0. The van der Waals surface area contributed by atoms with Crippen LogP contribution in [-0.2, 0) is 11.2 Å². The van der Waals surface area contributed by atoms with Crippen molar-refractivity contribution in [2.75, 3.05) is 26.2 Å². The highest BCUT2D eigenvalue weighted by atomic mass is 16.2. The van der Waals surface area contributed by atoms with Crippen molar-refractivity contribution in [2.24, 2.45) is 0 Å². The number of hydrogen-bond donors (Lipinski definition) is 0. The van der Waals surface area contributed by atoms with Crippen LogP contribution in [-0.4, -0.2) is 47.9 Å². The van der Waals surface area contributed by atoms with Gasteiger partial charge in [0.05, 0.1) is 6.54 Å². The van der Waals surface area contributed by atoms with Gasteiger partial charge in [0, 0.05) is 19.1 Å². The third kappa shape index (κ3) is 4.57. The zero-order valence-electron chi connectivity index (χ0n) is 13.4. The number of likely N-dealkylation sites (N-methyl/N-ethyl adjacent to an activating group) is 1. The standard InChI is InChI=1S/C18H28N2O/c1-3-19(4-2)18(21)15-20-13-9-8-12-17(20)14-16-10-6-5-7-11-16/h5-7,10-11,17H,3-4,8-9,12-15H2,1-2H3. The van der Waals surface area contributed by atoms with Crippen LogP contribution in [0.1, 0.15) is 38.7 Å². The Morgan fingerprint density at radius 1 is 1.19 bits per heavy atom. The minimum absolute atomic E-state index is 0.278. The fraction of sp³-hybridized carbons (Fsp3) is 0.611. The molecule has 0 spiro atoms. The molecule has 0 aliphatic carbocycles. The lowest BCUT2D eigenvalue weighted by Crippen LogP contribution is -2.47. The number of amides is 1. The van der Waals surface area contributed by atoms with Gasteiger partial charge in [0.25, 0.3) is 0 Å². The summed E-state index contributed by atoms with van der Waals surface area (Å²) in [5.74, 6) is 0.278. The molecule has 0 bridgehead atoms. The monoisotopic (exact) mass is 288 g/mol. The van der Waals surface area contributed by atoms with Crippen molar-refractivity contribution in [1.82, 2.24) is 9.80 Å². The second kappa shape index (κ2) is 8.18. The van der Waals surface area contributed by atoms with Gasteiger partial charge in [-0.05, 0) is 45.2 Å². The van der Waals surface area contributed by atoms with Crippen LogP contribution in [0, 0.1) is 0 Å². The molecule has 3 nitrogen and oxygen atoms in total. The second-order valence-electron chi connectivity index (χ2n) is 5.88. The molecule has 1 aliphatic rings. The number of piperidine rings is 1. The molecule has 21 heavy (non-hydrogen) atoms. The van der Waals surface area contributed by atoms with E-state index in [0.29, 0.717) is 12.6 Å². The quantitative estimate of drug-likeness (QED) is 0.803. The van der Waals surface area contributed by atoms with Crippen LogP contribution in [0.3, 0.4) is 0 Å². The number of nitrogens with zero attached hydrogens (tertiary/aromatic N) is 2. The Kier molecular flexibility index (Phi) is 6.24. The molecule has 1 amide bonds. The topological polar surface area (TPSA) is 23.6 Å². The average Bonchev–Trinajstić information content (AvgIpc) is 2.51. The summed E-state index contributed by atoms with van der Waals surface area (Å²) in [6.45, 7) is 7.38. The molecule has 1 aliphatic heterocycles. The Hall–Kier alpha value is -1.35. The molecule has 1 heterocycles. The lowest BCUT2D eigenvalue weighted by molar-refractivity contribution is -0.133. The molecule has 116 valence electrons. The highest BCUT2D eigenvalue weighted by molar-refractivity contribution is 5.78. The van der Waals surface area contributed by atoms with Crippen molar-refractivity contribution < 1.29 is 4.79 Å². The van der Waals surface area contributed by atoms with Gasteiger partial charge in [-0.25, -0.2) is 0 Å². The van der Waals surface area contributed by atoms with Crippen LogP contribution in [0.4, 0.5) is 0 Å². The highest BCUT2D eigenvalue weighted by Crippen LogP contribution is 2.20. The maximum absolute atomic E-state index is 12.4. The van der Waals surface area contributed by atoms with Gasteiger partial charge in [-0.1, -0.05) is 36.8 Å². The van der Waals surface area contributed by atoms with Crippen molar-refractivity contribution in [2.45, 2.75) is 45.6 Å². The van der Waals surface area contributed by atoms with Gasteiger partial charge >= 0.3 is 0 Å². The molecule has 1 fully saturated rings. The Morgan fingerprint density at radius 3 is 2.57 bits per heavy atom. The van der Waals surface area contributed by atoms with Gasteiger partial charge in [0.15, 0.2) is 0 Å². The maximum atomic E-state index is 12.4. The largest absolute Gasteiger partial charge is 0.342 e. The van der Waals surface area contributed by atoms with Crippen LogP contribution in [0.5, 0.6) is 0 Å². The first kappa shape index (κ1) is 16.0. The zero-order valence-corrected chi connectivity index (χ0v) is 13.4. The first-order chi connectivity index (χ1) is 10.2. The molecule has 0 aromatic heterocycles. The van der Waals surface area contributed by atoms with E-state index >= 15 is 0 Å². The summed E-state index contributed by atoms with van der Waals surface area (Å²) in [5.41, 5.74) is 1.38. The predicted octanol–water partition coefficient (Wildman–Crippen LogP) is 2.95. The lowest BCUT2D eigenvalue weighted by Gasteiger charge is -2.36. The van der Waals surface area contributed by atoms with Crippen molar-refractivity contribution in [3.8, 4) is 0 Å². The van der Waals surface area contributed by atoms with Crippen molar-refractivity contribution in [3.05, 3.63) is 35.9 Å². The third-order valence-corrected chi connectivity index (χ3v) is 4.52. The summed E-state index contributed by atoms with van der Waals surface area (Å²) in [7, 11) is 0. The number of carbonyl (C=O) groups is 1. The van der Waals surface area contributed by atoms with E-state index in [9.17, 15) is 4.79 Å². The third-order valence-electron chi connectivity index (χ3n) is 4.52. The van der Waals surface area contributed by atoms with E-state index in [-0.39, 0.29) is 5.91 Å². The summed E-state index contributed by atoms with van der Waals surface area (Å²) in [4.78, 5) is 16.7. The molecule has 1 atom stereocenters. The molecule has 1 aromatic rings. The zero-order chi connectivity index (χ0) is 15.1. The Balaban J connectivity index is 1.97. The number of likely N-dealkylation sites (tertiary alicyclic amines) is 1. The molecule has 0 N–H and O–H groups in total. The predicted molar refractivity (Wildman–Crippen MR) is 87.3 cm³/mol. The van der Waals surface area contributed by atoms with Crippen LogP contribution in [0.15, 0.2) is 30.3 Å². The molecule has 1 saturated heterocycles. The molecule has 2 rings (SSSR count). The maximum Gasteiger partial charge on any atom is 0.236 e. The van der Waals surface area contributed by atoms with Crippen LogP contribution >= 0.6 is 0 Å². The SMILES string of the molecule is CCN(CC)C(=O)CN1CCCCC1Cc1ccccc1. The van der Waals surface area contributed by atoms with Crippen molar-refractivity contribution >= 4 is 5.91 Å². The van der Waals surface area contributed by atoms with Gasteiger partial charge in [-0.2, -0.15) is 0 Å². The van der Waals surface area contributed by atoms with Gasteiger partial charge in [0.1, 0.15) is 0 Å². The van der Waals surface area contributed by atoms with E-state index in [2.05, 4.69) is 49.1 Å². The van der Waals surface area contributed by atoms with Crippen LogP contribution in [0.2, 0.25) is 0 Å². The van der Waals surface area contributed by atoms with E-state index < -0.39 is 0 Å². The normalized spacial score (nSPS) is 19.4. The van der Waals surface area contributed by atoms with E-state index in [1.807, 2.05) is 4.90 Å². The number of hydrogen-bond acceptors (Lipinski definition) is 2. The number of carbonyl (C=O) groups excluding carboxylic acids is 1. The van der Waals surface area contributed by atoms with Gasteiger partial charge < -0.3 is 4.90 Å². The van der Waals surface area contributed by atoms with Crippen LogP contribution < -0.4 is 0 Å². The highest BCUT2D eigenvalue weighted by Gasteiger charge is 2.25. The van der Waals surface area contributed by atoms with Crippen LogP contribution in [0.25, 0.3) is 0 Å². The smallest absolute Gasteiger partial charge is 0.236 e. The minimum Gasteiger partial charge on any atom is -0.342 e. The fourth-order valence-corrected chi connectivity index (χ4v) is 3.24. The average molecular weight is 288 g/mol. The molecule has 1 aromatic carbocycles. The van der Waals surface area contributed by atoms with Gasteiger partial charge in [-0.3, -0.25) is 9.69 Å². The molecule has 1 unspecified atom stereocenters. The molecule has 3 heteroatoms. The summed E-state index contributed by atoms with van der Waals surface area (Å²) < 4.78 is 0. The van der Waals surface area contributed by atoms with Crippen molar-refractivity contribution in [3.63, 3.8) is 0 Å². The summed E-state index contributed by atoms with van der Waals surface area (Å²) in [6.07, 6.45) is 4.77. The first-order valence-electron chi connectivity index (χ1n) is 8.30. The molecular formula is C18H28N2O. The van der Waals surface area contributed by atoms with E-state index in [1.165, 1.54) is 24.8 Å². The first-order valence-corrected chi connectivity index (χ1v) is 8.30. The Morgan fingerprint density at radius 2 is 1.90 bits per heavy atom. The molecular weight excluding hydrogens is 260 g/mol. The van der Waals surface area contributed by atoms with E-state index in [4.69, 9.17) is 0 Å². The number of rotatable bonds is 6. The lowest BCUT2D eigenvalue weighted by atomic mass is 9.95. The number of benzene rings is 1. The fourth-order valence-electron chi connectivity index (χ4n) is 3.24. The van der Waals surface area contributed by atoms with Gasteiger partial charge in [-0.15, -0.1) is 0 Å². The summed E-state index contributed by atoms with van der Waals surface area (Å²) in [5, 5.41) is 0. The minimum atomic E-state index is 0.278. The van der Waals surface area contributed by atoms with Crippen molar-refractivity contribution in [1.29, 1.82) is 0 Å². The molecule has 0 saturated carbocycles. The Bertz CT molecular complexity index is 428. The molecule has 0 radical (unpaired) electrons. The van der Waals surface area contributed by atoms with E-state index in [1.54, 1.807) is 0 Å². The van der Waals surface area contributed by atoms with E-state index in [0.717, 1.165) is 26.1 Å². The Labute approximate surface area is 128 Å². The second-order valence-corrected chi connectivity index (χ2v) is 5.88. The van der Waals surface area contributed by atoms with Gasteiger partial charge in [0.2, 0.25) is 5.91 Å². The summed E-state index contributed by atoms with van der Waals surface area (Å²) in [6, 6.07) is 11.2.